The van der Waals surface area contributed by atoms with E-state index in [0.717, 1.165) is 6.42 Å². The third-order valence-electron chi connectivity index (χ3n) is 1.06. The largest absolute Gasteiger partial charge is 0.354 e. The number of amides is 1. The molecule has 0 aromatic heterocycles. The van der Waals surface area contributed by atoms with Crippen LogP contribution in [0.15, 0.2) is 13.2 Å². The lowest BCUT2D eigenvalue weighted by atomic mass is 10.3. The molecule has 1 amide bonds. The van der Waals surface area contributed by atoms with Gasteiger partial charge < -0.3 is 5.32 Å². The summed E-state index contributed by atoms with van der Waals surface area (Å²) >= 11 is 0. The minimum absolute atomic E-state index is 0.0550. The van der Waals surface area contributed by atoms with Crippen LogP contribution in [0.25, 0.3) is 0 Å². The Morgan fingerprint density at radius 1 is 1.60 bits per heavy atom. The first-order valence-electron chi connectivity index (χ1n) is 3.44. The van der Waals surface area contributed by atoms with Gasteiger partial charge in [0.25, 0.3) is 0 Å². The molecule has 1 unspecified atom stereocenters. The van der Waals surface area contributed by atoms with Crippen molar-refractivity contribution in [1.82, 2.24) is 5.32 Å². The van der Waals surface area contributed by atoms with Gasteiger partial charge in [0.05, 0.1) is 0 Å². The van der Waals surface area contributed by atoms with Crippen molar-refractivity contribution in [3.8, 4) is 0 Å². The summed E-state index contributed by atoms with van der Waals surface area (Å²) in [5, 5.41) is 2.75. The maximum absolute atomic E-state index is 10.3. The van der Waals surface area contributed by atoms with E-state index in [2.05, 4.69) is 18.5 Å². The van der Waals surface area contributed by atoms with Gasteiger partial charge in [-0.05, 0) is 13.3 Å². The van der Waals surface area contributed by atoms with Crippen molar-refractivity contribution in [2.45, 2.75) is 33.2 Å². The van der Waals surface area contributed by atoms with E-state index in [0.29, 0.717) is 6.04 Å². The van der Waals surface area contributed by atoms with Gasteiger partial charge in [-0.2, -0.15) is 0 Å². The van der Waals surface area contributed by atoms with E-state index in [1.165, 1.54) is 6.92 Å². The van der Waals surface area contributed by atoms with Gasteiger partial charge in [-0.1, -0.05) is 6.92 Å². The molecule has 2 nitrogen and oxygen atoms in total. The molecule has 1 N–H and O–H groups in total. The second kappa shape index (κ2) is 8.21. The maximum Gasteiger partial charge on any atom is 0.217 e. The van der Waals surface area contributed by atoms with Crippen LogP contribution in [0.5, 0.6) is 0 Å². The predicted molar refractivity (Wildman–Crippen MR) is 44.8 cm³/mol. The Balaban J connectivity index is 0. The van der Waals surface area contributed by atoms with Crippen LogP contribution in [0.1, 0.15) is 27.2 Å². The van der Waals surface area contributed by atoms with Gasteiger partial charge in [-0.15, -0.1) is 13.2 Å². The van der Waals surface area contributed by atoms with Crippen LogP contribution in [0.3, 0.4) is 0 Å². The molecule has 0 heterocycles. The highest BCUT2D eigenvalue weighted by Crippen LogP contribution is 1.85. The lowest BCUT2D eigenvalue weighted by Crippen LogP contribution is -2.29. The number of carbonyl (C=O) groups is 1. The molecule has 0 rings (SSSR count). The number of hydrogen-bond acceptors (Lipinski definition) is 1. The number of rotatable bonds is 2. The first kappa shape index (κ1) is 11.9. The zero-order valence-corrected chi connectivity index (χ0v) is 7.11. The zero-order valence-electron chi connectivity index (χ0n) is 7.11. The topological polar surface area (TPSA) is 29.1 Å². The molecule has 0 aromatic rings. The minimum Gasteiger partial charge on any atom is -0.354 e. The smallest absolute Gasteiger partial charge is 0.217 e. The number of carbonyl (C=O) groups excluding carboxylic acids is 1. The zero-order chi connectivity index (χ0) is 8.57. The Bertz CT molecular complexity index is 91.3. The average Bonchev–Trinajstić information content (AvgIpc) is 1.91. The van der Waals surface area contributed by atoms with Gasteiger partial charge in [0.15, 0.2) is 0 Å². The fourth-order valence-electron chi connectivity index (χ4n) is 0.449. The molecule has 10 heavy (non-hydrogen) atoms. The van der Waals surface area contributed by atoms with Gasteiger partial charge in [0.1, 0.15) is 0 Å². The molecule has 0 aliphatic rings. The van der Waals surface area contributed by atoms with E-state index in [-0.39, 0.29) is 5.91 Å². The Morgan fingerprint density at radius 3 is 2.10 bits per heavy atom. The maximum atomic E-state index is 10.3. The van der Waals surface area contributed by atoms with Crippen LogP contribution >= 0.6 is 0 Å². The third-order valence-corrected chi connectivity index (χ3v) is 1.06. The molecule has 0 saturated carbocycles. The van der Waals surface area contributed by atoms with E-state index in [4.69, 9.17) is 0 Å². The normalized spacial score (nSPS) is 10.7. The van der Waals surface area contributed by atoms with E-state index < -0.39 is 0 Å². The fraction of sp³-hybridized carbons (Fsp3) is 0.625. The van der Waals surface area contributed by atoms with Crippen LogP contribution in [0.2, 0.25) is 0 Å². The van der Waals surface area contributed by atoms with Crippen LogP contribution in [-0.4, -0.2) is 11.9 Å². The molecule has 0 aromatic carbocycles. The lowest BCUT2D eigenvalue weighted by Gasteiger charge is -2.07. The highest BCUT2D eigenvalue weighted by atomic mass is 16.1. The van der Waals surface area contributed by atoms with Gasteiger partial charge in [-0.25, -0.2) is 0 Å². The number of hydrogen-bond donors (Lipinski definition) is 1. The van der Waals surface area contributed by atoms with Crippen LogP contribution in [-0.2, 0) is 4.79 Å². The van der Waals surface area contributed by atoms with Crippen molar-refractivity contribution in [3.63, 3.8) is 0 Å². The minimum atomic E-state index is 0.0550. The van der Waals surface area contributed by atoms with Gasteiger partial charge >= 0.3 is 0 Å². The summed E-state index contributed by atoms with van der Waals surface area (Å²) in [6.45, 7) is 11.6. The van der Waals surface area contributed by atoms with Crippen molar-refractivity contribution < 1.29 is 4.79 Å². The molecule has 0 aliphatic carbocycles. The molecule has 0 bridgehead atoms. The van der Waals surface area contributed by atoms with Crippen LogP contribution < -0.4 is 5.32 Å². The highest BCUT2D eigenvalue weighted by Gasteiger charge is 1.96. The fourth-order valence-corrected chi connectivity index (χ4v) is 0.449. The lowest BCUT2D eigenvalue weighted by molar-refractivity contribution is -0.119. The van der Waals surface area contributed by atoms with Crippen molar-refractivity contribution in [1.29, 1.82) is 0 Å². The van der Waals surface area contributed by atoms with Crippen molar-refractivity contribution in [2.75, 3.05) is 0 Å². The molecular formula is C8H17NO. The molecule has 0 fully saturated rings. The summed E-state index contributed by atoms with van der Waals surface area (Å²) in [5.41, 5.74) is 0. The first-order chi connectivity index (χ1) is 4.66. The van der Waals surface area contributed by atoms with E-state index in [1.54, 1.807) is 0 Å². The quantitative estimate of drug-likeness (QED) is 0.586. The van der Waals surface area contributed by atoms with Crippen molar-refractivity contribution in [3.05, 3.63) is 13.2 Å². The summed E-state index contributed by atoms with van der Waals surface area (Å²) < 4.78 is 0. The summed E-state index contributed by atoms with van der Waals surface area (Å²) in [6, 6.07) is 0.326. The second-order valence-electron chi connectivity index (χ2n) is 2.01. The van der Waals surface area contributed by atoms with Gasteiger partial charge in [0, 0.05) is 13.0 Å². The molecule has 0 spiro atoms. The van der Waals surface area contributed by atoms with Crippen molar-refractivity contribution >= 4 is 5.91 Å². The first-order valence-corrected chi connectivity index (χ1v) is 3.44. The van der Waals surface area contributed by atoms with Gasteiger partial charge in [-0.3, -0.25) is 4.79 Å². The van der Waals surface area contributed by atoms with E-state index in [9.17, 15) is 4.79 Å². The summed E-state index contributed by atoms with van der Waals surface area (Å²) in [5.74, 6) is 0.0550. The molecule has 1 atom stereocenters. The predicted octanol–water partition coefficient (Wildman–Crippen LogP) is 1.72. The standard InChI is InChI=1S/C6H13NO.C2H4/c1-4-5(2)7-6(3)8;1-2/h5H,4H2,1-3H3,(H,7,8);1-2H2. The van der Waals surface area contributed by atoms with E-state index >= 15 is 0 Å². The van der Waals surface area contributed by atoms with Crippen molar-refractivity contribution in [2.24, 2.45) is 0 Å². The molecule has 0 saturated heterocycles. The molecule has 2 heteroatoms. The Hall–Kier alpha value is -0.790. The molecule has 60 valence electrons. The Labute approximate surface area is 63.3 Å². The van der Waals surface area contributed by atoms with Gasteiger partial charge in [0.2, 0.25) is 5.91 Å². The molecule has 0 radical (unpaired) electrons. The Kier molecular flexibility index (Phi) is 9.80. The SMILES string of the molecule is C=C.CCC(C)NC(C)=O. The molecular weight excluding hydrogens is 126 g/mol. The summed E-state index contributed by atoms with van der Waals surface area (Å²) in [4.78, 5) is 10.3. The average molecular weight is 143 g/mol. The Morgan fingerprint density at radius 2 is 2.00 bits per heavy atom. The third kappa shape index (κ3) is 10.2. The summed E-state index contributed by atoms with van der Waals surface area (Å²) in [7, 11) is 0. The van der Waals surface area contributed by atoms with Crippen LogP contribution in [0.4, 0.5) is 0 Å². The summed E-state index contributed by atoms with van der Waals surface area (Å²) in [6.07, 6.45) is 1.000. The van der Waals surface area contributed by atoms with E-state index in [1.807, 2.05) is 13.8 Å². The second-order valence-corrected chi connectivity index (χ2v) is 2.01. The highest BCUT2D eigenvalue weighted by molar-refractivity contribution is 5.73. The monoisotopic (exact) mass is 143 g/mol. The van der Waals surface area contributed by atoms with Crippen LogP contribution in [0, 0.1) is 0 Å². The number of nitrogens with one attached hydrogen (secondary N) is 1. The molecule has 0 aliphatic heterocycles.